The summed E-state index contributed by atoms with van der Waals surface area (Å²) in [5.74, 6) is -1.15. The Kier molecular flexibility index (Phi) is 7.23. The number of likely N-dealkylation sites (tertiary alicyclic amines) is 1. The second-order valence-electron chi connectivity index (χ2n) is 8.78. The Morgan fingerprint density at radius 3 is 2.39 bits per heavy atom. The topological polar surface area (TPSA) is 86.3 Å². The molecule has 2 aliphatic rings. The predicted molar refractivity (Wildman–Crippen MR) is 104 cm³/mol. The molecular formula is C19H33ClN2O6. The number of fused-ring (bicyclic) bond motifs is 1. The van der Waals surface area contributed by atoms with Gasteiger partial charge in [-0.1, -0.05) is 13.8 Å². The third-order valence-corrected chi connectivity index (χ3v) is 5.36. The maximum Gasteiger partial charge on any atom is 0.408 e. The van der Waals surface area contributed by atoms with Gasteiger partial charge in [0.25, 0.3) is 0 Å². The fourth-order valence-electron chi connectivity index (χ4n) is 3.77. The van der Waals surface area contributed by atoms with Crippen LogP contribution in [0.1, 0.15) is 41.0 Å². The third kappa shape index (κ3) is 4.90. The summed E-state index contributed by atoms with van der Waals surface area (Å²) in [6.07, 6.45) is -0.559. The lowest BCUT2D eigenvalue weighted by Crippen LogP contribution is -2.59. The maximum absolute atomic E-state index is 13.4. The van der Waals surface area contributed by atoms with Crippen LogP contribution in [0.3, 0.4) is 0 Å². The summed E-state index contributed by atoms with van der Waals surface area (Å²) in [4.78, 5) is 27.3. The van der Waals surface area contributed by atoms with E-state index in [1.165, 1.54) is 14.2 Å². The number of hydrogen-bond acceptors (Lipinski definition) is 6. The first-order valence-electron chi connectivity index (χ1n) is 9.60. The number of carbonyl (C=O) groups excluding carboxylic acids is 2. The molecule has 162 valence electrons. The van der Waals surface area contributed by atoms with Gasteiger partial charge in [0.15, 0.2) is 0 Å². The minimum absolute atomic E-state index is 0.177. The van der Waals surface area contributed by atoms with Gasteiger partial charge in [-0.25, -0.2) is 4.79 Å². The number of amides is 2. The molecule has 0 aromatic carbocycles. The van der Waals surface area contributed by atoms with Crippen molar-refractivity contribution < 1.29 is 28.5 Å². The van der Waals surface area contributed by atoms with Gasteiger partial charge in [0, 0.05) is 20.8 Å². The van der Waals surface area contributed by atoms with Crippen LogP contribution in [-0.2, 0) is 23.7 Å². The second-order valence-corrected chi connectivity index (χ2v) is 9.34. The summed E-state index contributed by atoms with van der Waals surface area (Å²) in [7, 11) is 3.04. The Labute approximate surface area is 172 Å². The standard InChI is InChI=1S/C19H33ClN2O6/c1-11(2)8-13(21-17(24)28-18(3,4)5)16(23)22-9-12(20)14-15(22)19(25-6,26-7)10-27-14/h11-15H,8-10H2,1-7H3,(H,21,24)/t12-,13+,14?,15?/m1/s1. The van der Waals surface area contributed by atoms with Crippen molar-refractivity contribution in [3.63, 3.8) is 0 Å². The first kappa shape index (κ1) is 23.2. The van der Waals surface area contributed by atoms with Crippen molar-refractivity contribution in [2.45, 2.75) is 76.0 Å². The van der Waals surface area contributed by atoms with Crippen LogP contribution in [0.5, 0.6) is 0 Å². The molecule has 1 N–H and O–H groups in total. The molecule has 0 spiro atoms. The van der Waals surface area contributed by atoms with Crippen molar-refractivity contribution >= 4 is 23.6 Å². The zero-order valence-corrected chi connectivity index (χ0v) is 18.5. The van der Waals surface area contributed by atoms with E-state index >= 15 is 0 Å². The Hall–Kier alpha value is -1.09. The first-order chi connectivity index (χ1) is 12.9. The number of rotatable bonds is 6. The van der Waals surface area contributed by atoms with E-state index in [-0.39, 0.29) is 30.4 Å². The fourth-order valence-corrected chi connectivity index (χ4v) is 4.13. The summed E-state index contributed by atoms with van der Waals surface area (Å²) in [5, 5.41) is 2.34. The lowest BCUT2D eigenvalue weighted by molar-refractivity contribution is -0.227. The SMILES string of the molecule is COC1(OC)COC2C1N(C(=O)[C@H](CC(C)C)NC(=O)OC(C)(C)C)C[C@H]2Cl. The second kappa shape index (κ2) is 8.73. The van der Waals surface area contributed by atoms with E-state index < -0.39 is 35.7 Å². The normalized spacial score (nSPS) is 27.6. The van der Waals surface area contributed by atoms with E-state index in [0.717, 1.165) is 0 Å². The van der Waals surface area contributed by atoms with Gasteiger partial charge in [0.1, 0.15) is 30.4 Å². The number of methoxy groups -OCH3 is 2. The van der Waals surface area contributed by atoms with Crippen LogP contribution in [0.4, 0.5) is 4.79 Å². The Morgan fingerprint density at radius 2 is 1.89 bits per heavy atom. The minimum atomic E-state index is -1.09. The van der Waals surface area contributed by atoms with Gasteiger partial charge in [-0.15, -0.1) is 11.6 Å². The van der Waals surface area contributed by atoms with Crippen molar-refractivity contribution in [1.82, 2.24) is 10.2 Å². The summed E-state index contributed by atoms with van der Waals surface area (Å²) >= 11 is 6.45. The van der Waals surface area contributed by atoms with E-state index in [9.17, 15) is 9.59 Å². The van der Waals surface area contributed by atoms with Gasteiger partial charge in [-0.05, 0) is 33.1 Å². The van der Waals surface area contributed by atoms with E-state index in [0.29, 0.717) is 6.42 Å². The summed E-state index contributed by atoms with van der Waals surface area (Å²) < 4.78 is 22.3. The highest BCUT2D eigenvalue weighted by Crippen LogP contribution is 2.41. The fraction of sp³-hybridized carbons (Fsp3) is 0.895. The number of nitrogens with zero attached hydrogens (tertiary/aromatic N) is 1. The quantitative estimate of drug-likeness (QED) is 0.523. The lowest BCUT2D eigenvalue weighted by atomic mass is 10.0. The number of ether oxygens (including phenoxy) is 4. The molecular weight excluding hydrogens is 388 g/mol. The van der Waals surface area contributed by atoms with Crippen LogP contribution in [0.25, 0.3) is 0 Å². The van der Waals surface area contributed by atoms with Crippen molar-refractivity contribution in [1.29, 1.82) is 0 Å². The van der Waals surface area contributed by atoms with E-state index in [1.807, 2.05) is 13.8 Å². The highest BCUT2D eigenvalue weighted by molar-refractivity contribution is 6.21. The molecule has 2 heterocycles. The number of alkyl carbamates (subject to hydrolysis) is 1. The molecule has 0 saturated carbocycles. The van der Waals surface area contributed by atoms with Gasteiger partial charge in [0.2, 0.25) is 11.7 Å². The highest BCUT2D eigenvalue weighted by atomic mass is 35.5. The van der Waals surface area contributed by atoms with Gasteiger partial charge >= 0.3 is 6.09 Å². The average Bonchev–Trinajstić information content (AvgIpc) is 3.11. The summed E-state index contributed by atoms with van der Waals surface area (Å²) in [5.41, 5.74) is -0.657. The smallest absolute Gasteiger partial charge is 0.408 e. The highest BCUT2D eigenvalue weighted by Gasteiger charge is 2.61. The molecule has 0 bridgehead atoms. The average molecular weight is 421 g/mol. The molecule has 4 atom stereocenters. The lowest BCUT2D eigenvalue weighted by Gasteiger charge is -2.37. The number of nitrogens with one attached hydrogen (secondary N) is 1. The molecule has 28 heavy (non-hydrogen) atoms. The van der Waals surface area contributed by atoms with Crippen LogP contribution in [0.2, 0.25) is 0 Å². The van der Waals surface area contributed by atoms with Crippen LogP contribution in [-0.4, -0.2) is 79.2 Å². The Bertz CT molecular complexity index is 575. The molecule has 2 amide bonds. The molecule has 2 unspecified atom stereocenters. The molecule has 2 aliphatic heterocycles. The van der Waals surface area contributed by atoms with Crippen molar-refractivity contribution in [2.24, 2.45) is 5.92 Å². The molecule has 0 radical (unpaired) electrons. The minimum Gasteiger partial charge on any atom is -0.444 e. The maximum atomic E-state index is 13.4. The molecule has 8 nitrogen and oxygen atoms in total. The number of halogens is 1. The molecule has 2 saturated heterocycles. The van der Waals surface area contributed by atoms with Gasteiger partial charge < -0.3 is 29.2 Å². The molecule has 0 aromatic rings. The van der Waals surface area contributed by atoms with Crippen molar-refractivity contribution in [2.75, 3.05) is 27.4 Å². The zero-order valence-electron chi connectivity index (χ0n) is 17.8. The van der Waals surface area contributed by atoms with E-state index in [1.54, 1.807) is 25.7 Å². The predicted octanol–water partition coefficient (Wildman–Crippen LogP) is 2.13. The molecule has 9 heteroatoms. The van der Waals surface area contributed by atoms with Crippen LogP contribution in [0, 0.1) is 5.92 Å². The number of carbonyl (C=O) groups is 2. The van der Waals surface area contributed by atoms with Crippen LogP contribution in [0.15, 0.2) is 0 Å². The summed E-state index contributed by atoms with van der Waals surface area (Å²) in [6, 6.07) is -1.24. The molecule has 0 aromatic heterocycles. The van der Waals surface area contributed by atoms with Crippen LogP contribution >= 0.6 is 11.6 Å². The Morgan fingerprint density at radius 1 is 1.29 bits per heavy atom. The van der Waals surface area contributed by atoms with Crippen molar-refractivity contribution in [3.8, 4) is 0 Å². The van der Waals surface area contributed by atoms with Gasteiger partial charge in [-0.3, -0.25) is 4.79 Å². The Balaban J connectivity index is 2.23. The molecule has 2 rings (SSSR count). The van der Waals surface area contributed by atoms with Gasteiger partial charge in [0.05, 0.1) is 5.38 Å². The monoisotopic (exact) mass is 420 g/mol. The number of hydrogen-bond donors (Lipinski definition) is 1. The van der Waals surface area contributed by atoms with E-state index in [4.69, 9.17) is 30.5 Å². The van der Waals surface area contributed by atoms with Gasteiger partial charge in [-0.2, -0.15) is 0 Å². The molecule has 2 fully saturated rings. The molecule has 0 aliphatic carbocycles. The van der Waals surface area contributed by atoms with E-state index in [2.05, 4.69) is 5.32 Å². The van der Waals surface area contributed by atoms with Crippen molar-refractivity contribution in [3.05, 3.63) is 0 Å². The zero-order chi connectivity index (χ0) is 21.3. The number of alkyl halides is 1. The third-order valence-electron chi connectivity index (χ3n) is 4.97. The summed E-state index contributed by atoms with van der Waals surface area (Å²) in [6.45, 7) is 9.76. The van der Waals surface area contributed by atoms with Crippen LogP contribution < -0.4 is 5.32 Å². The largest absolute Gasteiger partial charge is 0.444 e. The first-order valence-corrected chi connectivity index (χ1v) is 10.0.